The fraction of sp³-hybridized carbons (Fsp3) is 0.167. The van der Waals surface area contributed by atoms with Gasteiger partial charge in [0.15, 0.2) is 0 Å². The van der Waals surface area contributed by atoms with Gasteiger partial charge in [0.25, 0.3) is 5.91 Å². The maximum atomic E-state index is 12.3. The van der Waals surface area contributed by atoms with Gasteiger partial charge in [-0.3, -0.25) is 4.79 Å². The molecule has 1 aromatic heterocycles. The Morgan fingerprint density at radius 2 is 1.95 bits per heavy atom. The number of aromatic nitrogens is 1. The topological polar surface area (TPSA) is 44.9 Å². The highest BCUT2D eigenvalue weighted by Crippen LogP contribution is 2.20. The first-order valence-corrected chi connectivity index (χ1v) is 7.12. The molecule has 0 aliphatic heterocycles. The molecule has 0 aliphatic carbocycles. The van der Waals surface area contributed by atoms with Crippen molar-refractivity contribution in [1.29, 1.82) is 0 Å². The second-order valence-electron chi connectivity index (χ2n) is 5.51. The molecule has 0 unspecified atom stereocenters. The molecule has 3 nitrogen and oxygen atoms in total. The Bertz CT molecular complexity index is 787. The molecular formula is C18H18N2O. The lowest BCUT2D eigenvalue weighted by atomic mass is 10.0. The van der Waals surface area contributed by atoms with Crippen LogP contribution in [0.5, 0.6) is 0 Å². The number of carbonyl (C=O) groups excluding carboxylic acids is 1. The second kappa shape index (κ2) is 5.44. The van der Waals surface area contributed by atoms with E-state index in [0.717, 1.165) is 16.6 Å². The number of H-pyrrole nitrogens is 1. The fourth-order valence-corrected chi connectivity index (χ4v) is 2.37. The van der Waals surface area contributed by atoms with E-state index in [0.29, 0.717) is 11.5 Å². The smallest absolute Gasteiger partial charge is 0.255 e. The molecular weight excluding hydrogens is 260 g/mol. The standard InChI is InChI=1S/C18H18N2O/c1-12(2)13-4-3-5-16(11-13)20-18(21)15-6-7-17-14(10-15)8-9-19-17/h3-12,19H,1-2H3,(H,20,21). The van der Waals surface area contributed by atoms with E-state index < -0.39 is 0 Å². The van der Waals surface area contributed by atoms with E-state index in [1.807, 2.05) is 48.7 Å². The highest BCUT2D eigenvalue weighted by Gasteiger charge is 2.08. The normalized spacial score (nSPS) is 11.0. The summed E-state index contributed by atoms with van der Waals surface area (Å²) in [6, 6.07) is 15.6. The van der Waals surface area contributed by atoms with Gasteiger partial charge in [0, 0.05) is 28.4 Å². The lowest BCUT2D eigenvalue weighted by Crippen LogP contribution is -2.11. The van der Waals surface area contributed by atoms with E-state index in [1.54, 1.807) is 0 Å². The predicted molar refractivity (Wildman–Crippen MR) is 86.8 cm³/mol. The fourth-order valence-electron chi connectivity index (χ4n) is 2.37. The summed E-state index contributed by atoms with van der Waals surface area (Å²) in [5, 5.41) is 4.00. The van der Waals surface area contributed by atoms with Crippen LogP contribution in [0.25, 0.3) is 10.9 Å². The van der Waals surface area contributed by atoms with Crippen molar-refractivity contribution in [3.05, 3.63) is 65.9 Å². The molecule has 0 fully saturated rings. The second-order valence-corrected chi connectivity index (χ2v) is 5.51. The molecule has 0 radical (unpaired) electrons. The van der Waals surface area contributed by atoms with Crippen LogP contribution in [-0.2, 0) is 0 Å². The molecule has 3 aromatic rings. The Morgan fingerprint density at radius 1 is 1.10 bits per heavy atom. The largest absolute Gasteiger partial charge is 0.361 e. The Kier molecular flexibility index (Phi) is 3.48. The molecule has 2 aromatic carbocycles. The monoisotopic (exact) mass is 278 g/mol. The first-order chi connectivity index (χ1) is 10.1. The van der Waals surface area contributed by atoms with Crippen LogP contribution in [0.4, 0.5) is 5.69 Å². The number of nitrogens with one attached hydrogen (secondary N) is 2. The number of fused-ring (bicyclic) bond motifs is 1. The maximum absolute atomic E-state index is 12.3. The van der Waals surface area contributed by atoms with Crippen LogP contribution >= 0.6 is 0 Å². The molecule has 0 bridgehead atoms. The highest BCUT2D eigenvalue weighted by molar-refractivity contribution is 6.06. The first-order valence-electron chi connectivity index (χ1n) is 7.12. The van der Waals surface area contributed by atoms with E-state index in [9.17, 15) is 4.79 Å². The Hall–Kier alpha value is -2.55. The van der Waals surface area contributed by atoms with Crippen molar-refractivity contribution in [2.75, 3.05) is 5.32 Å². The van der Waals surface area contributed by atoms with Crippen LogP contribution in [0, 0.1) is 0 Å². The van der Waals surface area contributed by atoms with Crippen LogP contribution in [0.15, 0.2) is 54.7 Å². The van der Waals surface area contributed by atoms with Gasteiger partial charge < -0.3 is 10.3 Å². The Labute approximate surface area is 124 Å². The number of amides is 1. The minimum atomic E-state index is -0.0843. The third-order valence-corrected chi connectivity index (χ3v) is 3.63. The number of anilines is 1. The van der Waals surface area contributed by atoms with Crippen molar-refractivity contribution >= 4 is 22.5 Å². The Balaban J connectivity index is 1.83. The molecule has 3 heteroatoms. The summed E-state index contributed by atoms with van der Waals surface area (Å²) in [5.41, 5.74) is 3.75. The number of rotatable bonds is 3. The molecule has 0 spiro atoms. The summed E-state index contributed by atoms with van der Waals surface area (Å²) in [6.45, 7) is 4.28. The number of carbonyl (C=O) groups is 1. The van der Waals surface area contributed by atoms with Gasteiger partial charge in [-0.1, -0.05) is 26.0 Å². The zero-order valence-electron chi connectivity index (χ0n) is 12.2. The van der Waals surface area contributed by atoms with Crippen LogP contribution in [0.3, 0.4) is 0 Å². The maximum Gasteiger partial charge on any atom is 0.255 e. The molecule has 106 valence electrons. The van der Waals surface area contributed by atoms with Gasteiger partial charge in [-0.25, -0.2) is 0 Å². The van der Waals surface area contributed by atoms with Crippen molar-refractivity contribution in [2.45, 2.75) is 19.8 Å². The third-order valence-electron chi connectivity index (χ3n) is 3.63. The summed E-state index contributed by atoms with van der Waals surface area (Å²) in [7, 11) is 0. The summed E-state index contributed by atoms with van der Waals surface area (Å²) in [5.74, 6) is 0.358. The van der Waals surface area contributed by atoms with Crippen LogP contribution < -0.4 is 5.32 Å². The van der Waals surface area contributed by atoms with Gasteiger partial charge in [-0.2, -0.15) is 0 Å². The molecule has 1 heterocycles. The van der Waals surface area contributed by atoms with Crippen molar-refractivity contribution < 1.29 is 4.79 Å². The quantitative estimate of drug-likeness (QED) is 0.725. The number of aromatic amines is 1. The van der Waals surface area contributed by atoms with Gasteiger partial charge in [0.2, 0.25) is 0 Å². The van der Waals surface area contributed by atoms with Crippen LogP contribution in [0.2, 0.25) is 0 Å². The summed E-state index contributed by atoms with van der Waals surface area (Å²) >= 11 is 0. The molecule has 21 heavy (non-hydrogen) atoms. The van der Waals surface area contributed by atoms with Crippen molar-refractivity contribution in [2.24, 2.45) is 0 Å². The molecule has 3 rings (SSSR count). The van der Waals surface area contributed by atoms with Gasteiger partial charge in [0.05, 0.1) is 0 Å². The van der Waals surface area contributed by atoms with Crippen LogP contribution in [-0.4, -0.2) is 10.9 Å². The van der Waals surface area contributed by atoms with Gasteiger partial charge >= 0.3 is 0 Å². The molecule has 0 saturated heterocycles. The van der Waals surface area contributed by atoms with E-state index in [1.165, 1.54) is 5.56 Å². The van der Waals surface area contributed by atoms with E-state index in [2.05, 4.69) is 30.2 Å². The lowest BCUT2D eigenvalue weighted by Gasteiger charge is -2.09. The Morgan fingerprint density at radius 3 is 2.76 bits per heavy atom. The number of hydrogen-bond acceptors (Lipinski definition) is 1. The molecule has 2 N–H and O–H groups in total. The lowest BCUT2D eigenvalue weighted by molar-refractivity contribution is 0.102. The van der Waals surface area contributed by atoms with Crippen molar-refractivity contribution in [3.63, 3.8) is 0 Å². The molecule has 1 amide bonds. The third kappa shape index (κ3) is 2.82. The molecule has 0 aliphatic rings. The molecule has 0 saturated carbocycles. The van der Waals surface area contributed by atoms with Gasteiger partial charge in [-0.05, 0) is 47.9 Å². The number of benzene rings is 2. The average molecular weight is 278 g/mol. The number of hydrogen-bond donors (Lipinski definition) is 2. The summed E-state index contributed by atoms with van der Waals surface area (Å²) in [6.07, 6.45) is 1.87. The van der Waals surface area contributed by atoms with E-state index >= 15 is 0 Å². The average Bonchev–Trinajstić information content (AvgIpc) is 2.94. The van der Waals surface area contributed by atoms with Crippen LogP contribution in [0.1, 0.15) is 35.7 Å². The van der Waals surface area contributed by atoms with E-state index in [4.69, 9.17) is 0 Å². The van der Waals surface area contributed by atoms with Gasteiger partial charge in [-0.15, -0.1) is 0 Å². The van der Waals surface area contributed by atoms with Crippen molar-refractivity contribution in [3.8, 4) is 0 Å². The first kappa shape index (κ1) is 13.4. The zero-order chi connectivity index (χ0) is 14.8. The predicted octanol–water partition coefficient (Wildman–Crippen LogP) is 4.54. The summed E-state index contributed by atoms with van der Waals surface area (Å²) < 4.78 is 0. The minimum Gasteiger partial charge on any atom is -0.361 e. The molecule has 0 atom stereocenters. The van der Waals surface area contributed by atoms with Gasteiger partial charge in [0.1, 0.15) is 0 Å². The zero-order valence-corrected chi connectivity index (χ0v) is 12.2. The highest BCUT2D eigenvalue weighted by atomic mass is 16.1. The summed E-state index contributed by atoms with van der Waals surface area (Å²) in [4.78, 5) is 15.5. The SMILES string of the molecule is CC(C)c1cccc(NC(=O)c2ccc3[nH]ccc3c2)c1. The minimum absolute atomic E-state index is 0.0843. The van der Waals surface area contributed by atoms with E-state index in [-0.39, 0.29) is 5.91 Å². The van der Waals surface area contributed by atoms with Crippen molar-refractivity contribution in [1.82, 2.24) is 4.98 Å².